The number of halogens is 2. The molecule has 1 aliphatic heterocycles. The van der Waals surface area contributed by atoms with E-state index in [-0.39, 0.29) is 17.1 Å². The molecule has 16 heavy (non-hydrogen) atoms. The number of ether oxygens (including phenoxy) is 1. The van der Waals surface area contributed by atoms with E-state index in [2.05, 4.69) is 12.6 Å². The van der Waals surface area contributed by atoms with Crippen LogP contribution in [0.2, 0.25) is 0 Å². The summed E-state index contributed by atoms with van der Waals surface area (Å²) >= 11 is 3.81. The van der Waals surface area contributed by atoms with Gasteiger partial charge in [0.15, 0.2) is 0 Å². The quantitative estimate of drug-likeness (QED) is 0.377. The van der Waals surface area contributed by atoms with Gasteiger partial charge in [-0.15, -0.1) is 12.6 Å². The monoisotopic (exact) mass is 248 g/mol. The Hall–Kier alpha value is -1.57. The molecule has 1 atom stereocenters. The van der Waals surface area contributed by atoms with Gasteiger partial charge in [-0.1, -0.05) is 0 Å². The lowest BCUT2D eigenvalue weighted by molar-refractivity contribution is -0.384. The molecule has 86 valence electrons. The Bertz CT molecular complexity index is 443. The minimum Gasteiger partial charge on any atom is -0.459 e. The average molecular weight is 248 g/mol. The molecule has 1 heterocycles. The van der Waals surface area contributed by atoms with Gasteiger partial charge in [0.1, 0.15) is 5.75 Å². The Labute approximate surface area is 94.2 Å². The van der Waals surface area contributed by atoms with Gasteiger partial charge in [0.25, 0.3) is 5.69 Å². The number of nitrogens with zero attached hydrogens (tertiary/aromatic N) is 2. The molecule has 0 amide bonds. The van der Waals surface area contributed by atoms with Crippen molar-refractivity contribution < 1.29 is 18.4 Å². The lowest BCUT2D eigenvalue weighted by Crippen LogP contribution is -2.34. The molecule has 0 bridgehead atoms. The highest BCUT2D eigenvalue weighted by molar-refractivity contribution is 7.80. The number of rotatable bonds is 2. The van der Waals surface area contributed by atoms with Crippen molar-refractivity contribution in [2.24, 2.45) is 0 Å². The van der Waals surface area contributed by atoms with Crippen LogP contribution >= 0.6 is 12.6 Å². The zero-order valence-electron chi connectivity index (χ0n) is 7.71. The third-order valence-corrected chi connectivity index (χ3v) is 2.47. The van der Waals surface area contributed by atoms with Gasteiger partial charge in [-0.2, -0.15) is 8.78 Å². The third kappa shape index (κ3) is 1.64. The lowest BCUT2D eigenvalue weighted by Gasteiger charge is -2.19. The van der Waals surface area contributed by atoms with Gasteiger partial charge >= 0.3 is 6.55 Å². The fourth-order valence-electron chi connectivity index (χ4n) is 1.41. The van der Waals surface area contributed by atoms with Crippen LogP contribution in [0.3, 0.4) is 0 Å². The Morgan fingerprint density at radius 2 is 2.25 bits per heavy atom. The molecule has 0 fully saturated rings. The predicted molar refractivity (Wildman–Crippen MR) is 55.0 cm³/mol. The maximum absolute atomic E-state index is 12.6. The van der Waals surface area contributed by atoms with Gasteiger partial charge in [0, 0.05) is 12.1 Å². The van der Waals surface area contributed by atoms with E-state index in [9.17, 15) is 18.9 Å². The van der Waals surface area contributed by atoms with Crippen molar-refractivity contribution in [1.29, 1.82) is 0 Å². The summed E-state index contributed by atoms with van der Waals surface area (Å²) in [5.41, 5.74) is -1.42. The molecular weight excluding hydrogens is 242 g/mol. The van der Waals surface area contributed by atoms with E-state index in [1.165, 1.54) is 12.1 Å². The van der Waals surface area contributed by atoms with E-state index in [4.69, 9.17) is 4.74 Å². The molecule has 1 aromatic rings. The Balaban J connectivity index is 2.46. The smallest absolute Gasteiger partial charge is 0.318 e. The highest BCUT2D eigenvalue weighted by Gasteiger charge is 2.35. The minimum atomic E-state index is -2.83. The first-order valence-electron chi connectivity index (χ1n) is 4.20. The summed E-state index contributed by atoms with van der Waals surface area (Å²) in [6.07, 6.45) is 0. The Morgan fingerprint density at radius 3 is 2.81 bits per heavy atom. The molecule has 5 nitrogen and oxygen atoms in total. The topological polar surface area (TPSA) is 55.6 Å². The van der Waals surface area contributed by atoms with E-state index in [0.717, 1.165) is 6.07 Å². The number of fused-ring (bicyclic) bond motifs is 1. The number of nitro groups is 1. The SMILES string of the molecule is O=[N+]([O-])c1ccc2c(c1)N(C(F)F)C(S)O2. The molecule has 0 aliphatic carbocycles. The summed E-state index contributed by atoms with van der Waals surface area (Å²) in [4.78, 5) is 10.4. The van der Waals surface area contributed by atoms with Crippen molar-refractivity contribution in [3.8, 4) is 5.75 Å². The van der Waals surface area contributed by atoms with Crippen LogP contribution in [0.15, 0.2) is 18.2 Å². The minimum absolute atomic E-state index is 0.0239. The average Bonchev–Trinajstić information content (AvgIpc) is 2.51. The Kier molecular flexibility index (Phi) is 2.58. The number of thiol groups is 1. The second kappa shape index (κ2) is 3.78. The summed E-state index contributed by atoms with van der Waals surface area (Å²) < 4.78 is 30.3. The fraction of sp³-hybridized carbons (Fsp3) is 0.250. The van der Waals surface area contributed by atoms with Crippen LogP contribution in [-0.2, 0) is 0 Å². The third-order valence-electron chi connectivity index (χ3n) is 2.11. The number of hydrogen-bond acceptors (Lipinski definition) is 5. The van der Waals surface area contributed by atoms with Gasteiger partial charge in [-0.25, -0.2) is 0 Å². The number of benzene rings is 1. The van der Waals surface area contributed by atoms with Crippen LogP contribution < -0.4 is 9.64 Å². The molecule has 1 aliphatic rings. The van der Waals surface area contributed by atoms with Gasteiger partial charge in [0.2, 0.25) is 5.56 Å². The first-order valence-corrected chi connectivity index (χ1v) is 4.72. The molecule has 1 aromatic carbocycles. The molecule has 0 spiro atoms. The molecule has 0 radical (unpaired) electrons. The van der Waals surface area contributed by atoms with E-state index in [1.54, 1.807) is 0 Å². The highest BCUT2D eigenvalue weighted by atomic mass is 32.1. The van der Waals surface area contributed by atoms with Crippen molar-refractivity contribution >= 4 is 24.0 Å². The molecule has 0 aromatic heterocycles. The summed E-state index contributed by atoms with van der Waals surface area (Å²) in [6.45, 7) is -2.83. The summed E-state index contributed by atoms with van der Waals surface area (Å²) in [5.74, 6) is 0.158. The van der Waals surface area contributed by atoms with E-state index < -0.39 is 17.0 Å². The fourth-order valence-corrected chi connectivity index (χ4v) is 1.75. The number of hydrogen-bond donors (Lipinski definition) is 1. The summed E-state index contributed by atoms with van der Waals surface area (Å²) in [6, 6.07) is 3.51. The van der Waals surface area contributed by atoms with Gasteiger partial charge < -0.3 is 4.74 Å². The van der Waals surface area contributed by atoms with Crippen molar-refractivity contribution in [2.45, 2.75) is 12.1 Å². The lowest BCUT2D eigenvalue weighted by atomic mass is 10.2. The van der Waals surface area contributed by atoms with Crippen molar-refractivity contribution in [1.82, 2.24) is 0 Å². The number of anilines is 1. The Morgan fingerprint density at radius 1 is 1.56 bits per heavy atom. The van der Waals surface area contributed by atoms with Crippen LogP contribution in [0, 0.1) is 10.1 Å². The van der Waals surface area contributed by atoms with Gasteiger partial charge in [0.05, 0.1) is 10.6 Å². The van der Waals surface area contributed by atoms with Crippen LogP contribution in [-0.4, -0.2) is 17.0 Å². The molecular formula is C8H6F2N2O3S. The maximum atomic E-state index is 12.6. The second-order valence-electron chi connectivity index (χ2n) is 3.04. The van der Waals surface area contributed by atoms with Crippen LogP contribution in [0.1, 0.15) is 0 Å². The number of non-ortho nitro benzene ring substituents is 1. The van der Waals surface area contributed by atoms with E-state index in [0.29, 0.717) is 4.90 Å². The van der Waals surface area contributed by atoms with Crippen LogP contribution in [0.25, 0.3) is 0 Å². The maximum Gasteiger partial charge on any atom is 0.318 e. The normalized spacial score (nSPS) is 18.5. The zero-order valence-corrected chi connectivity index (χ0v) is 8.60. The molecule has 2 rings (SSSR count). The zero-order chi connectivity index (χ0) is 11.9. The van der Waals surface area contributed by atoms with E-state index >= 15 is 0 Å². The molecule has 8 heteroatoms. The largest absolute Gasteiger partial charge is 0.459 e. The first-order chi connectivity index (χ1) is 7.50. The first kappa shape index (κ1) is 10.9. The molecule has 0 saturated carbocycles. The summed E-state index contributed by atoms with van der Waals surface area (Å²) in [5, 5.41) is 10.5. The van der Waals surface area contributed by atoms with Gasteiger partial charge in [-0.05, 0) is 6.07 Å². The summed E-state index contributed by atoms with van der Waals surface area (Å²) in [7, 11) is 0. The predicted octanol–water partition coefficient (Wildman–Crippen LogP) is 2.23. The van der Waals surface area contributed by atoms with Crippen LogP contribution in [0.5, 0.6) is 5.75 Å². The molecule has 1 unspecified atom stereocenters. The van der Waals surface area contributed by atoms with Crippen LogP contribution in [0.4, 0.5) is 20.2 Å². The second-order valence-corrected chi connectivity index (χ2v) is 3.48. The number of alkyl halides is 2. The molecule has 0 N–H and O–H groups in total. The standard InChI is InChI=1S/C8H6F2N2O3S/c9-7(10)11-5-3-4(12(13)14)1-2-6(5)15-8(11)16/h1-3,7-8,16H. The highest BCUT2D eigenvalue weighted by Crippen LogP contribution is 2.42. The van der Waals surface area contributed by atoms with Crippen molar-refractivity contribution in [3.63, 3.8) is 0 Å². The van der Waals surface area contributed by atoms with Crippen molar-refractivity contribution in [2.75, 3.05) is 4.90 Å². The van der Waals surface area contributed by atoms with Crippen molar-refractivity contribution in [3.05, 3.63) is 28.3 Å². The van der Waals surface area contributed by atoms with Gasteiger partial charge in [-0.3, -0.25) is 15.0 Å². The molecule has 0 saturated heterocycles. The van der Waals surface area contributed by atoms with E-state index in [1.807, 2.05) is 0 Å². The number of nitro benzene ring substituents is 1.